The summed E-state index contributed by atoms with van der Waals surface area (Å²) in [6.45, 7) is 2.82. The van der Waals surface area contributed by atoms with E-state index in [-0.39, 0.29) is 0 Å². The maximum absolute atomic E-state index is 12.8. The molecule has 2 nitrogen and oxygen atoms in total. The molecule has 6 heteroatoms. The lowest BCUT2D eigenvalue weighted by molar-refractivity contribution is -0.148. The SMILES string of the molecule is FC(F)(F)C[C@@H](c1ccc(I)cc1)N1CCNCC1. The van der Waals surface area contributed by atoms with E-state index < -0.39 is 18.6 Å². The Labute approximate surface area is 124 Å². The molecule has 0 unspecified atom stereocenters. The van der Waals surface area contributed by atoms with E-state index in [9.17, 15) is 13.2 Å². The summed E-state index contributed by atoms with van der Waals surface area (Å²) in [5.74, 6) is 0. The van der Waals surface area contributed by atoms with Gasteiger partial charge in [-0.05, 0) is 40.3 Å². The van der Waals surface area contributed by atoms with Crippen LogP contribution in [0, 0.1) is 3.57 Å². The molecule has 0 radical (unpaired) electrons. The van der Waals surface area contributed by atoms with Crippen molar-refractivity contribution in [1.29, 1.82) is 0 Å². The zero-order valence-corrected chi connectivity index (χ0v) is 12.5. The molecule has 0 amide bonds. The predicted molar refractivity (Wildman–Crippen MR) is 77.0 cm³/mol. The van der Waals surface area contributed by atoms with Crippen LogP contribution in [0.5, 0.6) is 0 Å². The average molecular weight is 384 g/mol. The molecular weight excluding hydrogens is 368 g/mol. The highest BCUT2D eigenvalue weighted by atomic mass is 127. The molecule has 1 aliphatic heterocycles. The highest BCUT2D eigenvalue weighted by Crippen LogP contribution is 2.34. The minimum atomic E-state index is -4.14. The van der Waals surface area contributed by atoms with Crippen molar-refractivity contribution in [3.8, 4) is 0 Å². The molecule has 0 saturated carbocycles. The molecule has 0 bridgehead atoms. The number of hydrogen-bond donors (Lipinski definition) is 1. The Hall–Kier alpha value is -0.340. The molecule has 1 aromatic carbocycles. The van der Waals surface area contributed by atoms with Crippen molar-refractivity contribution in [3.63, 3.8) is 0 Å². The first kappa shape index (κ1) is 15.1. The number of halogens is 4. The van der Waals surface area contributed by atoms with Crippen LogP contribution in [0.25, 0.3) is 0 Å². The molecule has 0 aromatic heterocycles. The lowest BCUT2D eigenvalue weighted by atomic mass is 10.0. The van der Waals surface area contributed by atoms with E-state index in [0.717, 1.165) is 22.2 Å². The van der Waals surface area contributed by atoms with Crippen LogP contribution >= 0.6 is 22.6 Å². The number of benzene rings is 1. The first-order valence-electron chi connectivity index (χ1n) is 6.23. The minimum absolute atomic E-state index is 0.570. The molecule has 0 spiro atoms. The van der Waals surface area contributed by atoms with Crippen LogP contribution in [0.4, 0.5) is 13.2 Å². The molecule has 1 aromatic rings. The second kappa shape index (κ2) is 6.41. The molecule has 0 aliphatic carbocycles. The molecule has 1 heterocycles. The Morgan fingerprint density at radius 3 is 2.26 bits per heavy atom. The second-order valence-electron chi connectivity index (χ2n) is 4.67. The Morgan fingerprint density at radius 2 is 1.74 bits per heavy atom. The molecule has 1 saturated heterocycles. The van der Waals surface area contributed by atoms with Crippen molar-refractivity contribution in [1.82, 2.24) is 10.2 Å². The van der Waals surface area contributed by atoms with Crippen LogP contribution in [0.1, 0.15) is 18.0 Å². The van der Waals surface area contributed by atoms with Crippen LogP contribution in [-0.2, 0) is 0 Å². The van der Waals surface area contributed by atoms with Crippen LogP contribution in [-0.4, -0.2) is 37.3 Å². The Kier molecular flexibility index (Phi) is 5.08. The lowest BCUT2D eigenvalue weighted by Crippen LogP contribution is -2.46. The van der Waals surface area contributed by atoms with Gasteiger partial charge in [0, 0.05) is 35.8 Å². The minimum Gasteiger partial charge on any atom is -0.314 e. The summed E-state index contributed by atoms with van der Waals surface area (Å²) in [5.41, 5.74) is 0.750. The van der Waals surface area contributed by atoms with Gasteiger partial charge in [0.2, 0.25) is 0 Å². The summed E-state index contributed by atoms with van der Waals surface area (Å²) in [4.78, 5) is 1.92. The third kappa shape index (κ3) is 4.61. The van der Waals surface area contributed by atoms with Crippen molar-refractivity contribution in [2.75, 3.05) is 26.2 Å². The summed E-state index contributed by atoms with van der Waals surface area (Å²) in [7, 11) is 0. The topological polar surface area (TPSA) is 15.3 Å². The van der Waals surface area contributed by atoms with Gasteiger partial charge in [0.1, 0.15) is 0 Å². The summed E-state index contributed by atoms with van der Waals surface area (Å²) in [5, 5.41) is 3.17. The number of piperazine rings is 1. The highest BCUT2D eigenvalue weighted by molar-refractivity contribution is 14.1. The average Bonchev–Trinajstić information content (AvgIpc) is 2.37. The van der Waals surface area contributed by atoms with Gasteiger partial charge in [-0.25, -0.2) is 0 Å². The number of nitrogens with zero attached hydrogens (tertiary/aromatic N) is 1. The normalized spacial score (nSPS) is 19.4. The van der Waals surface area contributed by atoms with E-state index in [1.807, 2.05) is 17.0 Å². The van der Waals surface area contributed by atoms with Gasteiger partial charge in [0.25, 0.3) is 0 Å². The first-order valence-corrected chi connectivity index (χ1v) is 7.30. The highest BCUT2D eigenvalue weighted by Gasteiger charge is 2.35. The van der Waals surface area contributed by atoms with Crippen molar-refractivity contribution in [2.45, 2.75) is 18.6 Å². The van der Waals surface area contributed by atoms with Gasteiger partial charge in [-0.1, -0.05) is 12.1 Å². The Bertz CT molecular complexity index is 399. The van der Waals surface area contributed by atoms with Crippen molar-refractivity contribution < 1.29 is 13.2 Å². The quantitative estimate of drug-likeness (QED) is 0.806. The van der Waals surface area contributed by atoms with Gasteiger partial charge >= 0.3 is 6.18 Å². The maximum Gasteiger partial charge on any atom is 0.390 e. The van der Waals surface area contributed by atoms with Gasteiger partial charge < -0.3 is 5.32 Å². The van der Waals surface area contributed by atoms with Crippen molar-refractivity contribution in [3.05, 3.63) is 33.4 Å². The third-order valence-corrected chi connectivity index (χ3v) is 3.99. The smallest absolute Gasteiger partial charge is 0.314 e. The van der Waals surface area contributed by atoms with Gasteiger partial charge in [-0.2, -0.15) is 13.2 Å². The summed E-state index contributed by atoms with van der Waals surface area (Å²) < 4.78 is 39.4. The number of hydrogen-bond acceptors (Lipinski definition) is 2. The molecule has 106 valence electrons. The van der Waals surface area contributed by atoms with Crippen LogP contribution in [0.2, 0.25) is 0 Å². The summed E-state index contributed by atoms with van der Waals surface area (Å²) >= 11 is 2.16. The van der Waals surface area contributed by atoms with Crippen LogP contribution < -0.4 is 5.32 Å². The Balaban J connectivity index is 2.19. The van der Waals surface area contributed by atoms with E-state index in [4.69, 9.17) is 0 Å². The molecule has 1 atom stereocenters. The third-order valence-electron chi connectivity index (χ3n) is 3.27. The maximum atomic E-state index is 12.8. The first-order chi connectivity index (χ1) is 8.96. The number of nitrogens with one attached hydrogen (secondary N) is 1. The van der Waals surface area contributed by atoms with Gasteiger partial charge in [-0.3, -0.25) is 4.90 Å². The lowest BCUT2D eigenvalue weighted by Gasteiger charge is -2.35. The molecule has 1 aliphatic rings. The number of alkyl halides is 3. The summed E-state index contributed by atoms with van der Waals surface area (Å²) in [6, 6.07) is 6.77. The molecule has 1 fully saturated rings. The van der Waals surface area contributed by atoms with E-state index in [1.54, 1.807) is 12.1 Å². The summed E-state index contributed by atoms with van der Waals surface area (Å²) in [6.07, 6.45) is -4.92. The molecule has 2 rings (SSSR count). The fourth-order valence-electron chi connectivity index (χ4n) is 2.36. The van der Waals surface area contributed by atoms with E-state index in [1.165, 1.54) is 0 Å². The monoisotopic (exact) mass is 384 g/mol. The zero-order valence-electron chi connectivity index (χ0n) is 10.4. The standard InChI is InChI=1S/C13H16F3IN2/c14-13(15,16)9-12(19-7-5-18-6-8-19)10-1-3-11(17)4-2-10/h1-4,12,18H,5-9H2/t12-/m0/s1. The van der Waals surface area contributed by atoms with Crippen LogP contribution in [0.3, 0.4) is 0 Å². The second-order valence-corrected chi connectivity index (χ2v) is 5.92. The molecule has 19 heavy (non-hydrogen) atoms. The molecular formula is C13H16F3IN2. The van der Waals surface area contributed by atoms with Crippen molar-refractivity contribution >= 4 is 22.6 Å². The van der Waals surface area contributed by atoms with E-state index in [2.05, 4.69) is 27.9 Å². The van der Waals surface area contributed by atoms with Crippen LogP contribution in [0.15, 0.2) is 24.3 Å². The fourth-order valence-corrected chi connectivity index (χ4v) is 2.72. The van der Waals surface area contributed by atoms with Crippen molar-refractivity contribution in [2.24, 2.45) is 0 Å². The van der Waals surface area contributed by atoms with Gasteiger partial charge in [0.05, 0.1) is 6.42 Å². The van der Waals surface area contributed by atoms with Gasteiger partial charge in [0.15, 0.2) is 0 Å². The fraction of sp³-hybridized carbons (Fsp3) is 0.538. The predicted octanol–water partition coefficient (Wildman–Crippen LogP) is 3.19. The van der Waals surface area contributed by atoms with Gasteiger partial charge in [-0.15, -0.1) is 0 Å². The number of rotatable bonds is 3. The van der Waals surface area contributed by atoms with E-state index in [0.29, 0.717) is 13.1 Å². The molecule has 1 N–H and O–H groups in total. The van der Waals surface area contributed by atoms with E-state index >= 15 is 0 Å². The zero-order chi connectivity index (χ0) is 13.9. The Morgan fingerprint density at radius 1 is 1.16 bits per heavy atom. The largest absolute Gasteiger partial charge is 0.390 e.